The monoisotopic (exact) mass is 430 g/mol. The van der Waals surface area contributed by atoms with Crippen LogP contribution in [0.1, 0.15) is 55.0 Å². The van der Waals surface area contributed by atoms with Gasteiger partial charge in [-0.05, 0) is 67.5 Å². The molecule has 31 heavy (non-hydrogen) atoms. The van der Waals surface area contributed by atoms with Crippen molar-refractivity contribution in [2.24, 2.45) is 5.92 Å². The fraction of sp³-hybridized carbons (Fsp3) is 0.407. The highest BCUT2D eigenvalue weighted by Crippen LogP contribution is 2.35. The Morgan fingerprint density at radius 1 is 1.13 bits per heavy atom. The van der Waals surface area contributed by atoms with E-state index in [-0.39, 0.29) is 11.8 Å². The molecule has 0 spiro atoms. The van der Waals surface area contributed by atoms with Crippen molar-refractivity contribution in [3.8, 4) is 0 Å². The van der Waals surface area contributed by atoms with Crippen LogP contribution in [0.4, 0.5) is 0 Å². The van der Waals surface area contributed by atoms with Gasteiger partial charge in [-0.1, -0.05) is 43.2 Å². The number of aromatic nitrogens is 1. The van der Waals surface area contributed by atoms with Crippen LogP contribution < -0.4 is 0 Å². The largest absolute Gasteiger partial charge is 0.299 e. The number of rotatable bonds is 7. The van der Waals surface area contributed by atoms with Gasteiger partial charge in [0.1, 0.15) is 5.78 Å². The lowest BCUT2D eigenvalue weighted by atomic mass is 9.86. The number of benzene rings is 1. The molecule has 0 saturated heterocycles. The van der Waals surface area contributed by atoms with Crippen molar-refractivity contribution in [3.05, 3.63) is 71.4 Å². The summed E-state index contributed by atoms with van der Waals surface area (Å²) in [6.45, 7) is 2.98. The first-order valence-corrected chi connectivity index (χ1v) is 12.4. The number of ketones is 1. The molecule has 3 aromatic rings. The number of hydrogen-bond donors (Lipinski definition) is 0. The SMILES string of the molecule is O=C(C1CCCC1)C(CCN1CC=C(c2cc3ccccc3s2)CC1)c1ccccn1. The molecule has 1 fully saturated rings. The third-order valence-electron chi connectivity index (χ3n) is 6.92. The molecule has 1 aliphatic heterocycles. The minimum Gasteiger partial charge on any atom is -0.299 e. The number of carbonyl (C=O) groups excluding carboxylic acids is 1. The number of carbonyl (C=O) groups is 1. The summed E-state index contributed by atoms with van der Waals surface area (Å²) >= 11 is 1.90. The Balaban J connectivity index is 1.24. The standard InChI is InChI=1S/C27H30N2OS/c30-27(21-7-1-2-8-21)23(24-10-5-6-15-28-24)14-18-29-16-12-20(13-17-29)26-19-22-9-3-4-11-25(22)31-26/h3-6,9-12,15,19,21,23H,1-2,7-8,13-14,16-18H2. The molecule has 2 aliphatic rings. The van der Waals surface area contributed by atoms with Crippen LogP contribution in [0.5, 0.6) is 0 Å². The molecule has 5 rings (SSSR count). The van der Waals surface area contributed by atoms with Gasteiger partial charge in [0, 0.05) is 34.8 Å². The first-order valence-electron chi connectivity index (χ1n) is 11.6. The molecule has 0 N–H and O–H groups in total. The zero-order valence-electron chi connectivity index (χ0n) is 18.0. The summed E-state index contributed by atoms with van der Waals surface area (Å²) in [6.07, 6.45) is 10.7. The van der Waals surface area contributed by atoms with Crippen LogP contribution in [0.3, 0.4) is 0 Å². The molecular weight excluding hydrogens is 400 g/mol. The molecule has 160 valence electrons. The number of Topliss-reactive ketones (excluding diaryl/α,β-unsaturated/α-hetero) is 1. The normalized spacial score (nSPS) is 18.9. The third kappa shape index (κ3) is 4.65. The second-order valence-corrected chi connectivity index (χ2v) is 9.99. The zero-order chi connectivity index (χ0) is 21.0. The Kier molecular flexibility index (Phi) is 6.28. The minimum atomic E-state index is -0.0581. The lowest BCUT2D eigenvalue weighted by Crippen LogP contribution is -2.32. The number of thiophene rings is 1. The minimum absolute atomic E-state index is 0.0581. The van der Waals surface area contributed by atoms with Crippen LogP contribution in [0.25, 0.3) is 15.7 Å². The molecule has 1 saturated carbocycles. The molecular formula is C27H30N2OS. The van der Waals surface area contributed by atoms with Gasteiger partial charge in [-0.25, -0.2) is 0 Å². The third-order valence-corrected chi connectivity index (χ3v) is 8.11. The lowest BCUT2D eigenvalue weighted by Gasteiger charge is -2.28. The van der Waals surface area contributed by atoms with Crippen LogP contribution in [0.2, 0.25) is 0 Å². The van der Waals surface area contributed by atoms with Gasteiger partial charge < -0.3 is 0 Å². The highest BCUT2D eigenvalue weighted by atomic mass is 32.1. The lowest BCUT2D eigenvalue weighted by molar-refractivity contribution is -0.124. The molecule has 3 heterocycles. The molecule has 0 bridgehead atoms. The van der Waals surface area contributed by atoms with Crippen LogP contribution in [0.15, 0.2) is 60.8 Å². The van der Waals surface area contributed by atoms with Gasteiger partial charge in [0.15, 0.2) is 0 Å². The van der Waals surface area contributed by atoms with Crippen molar-refractivity contribution in [2.75, 3.05) is 19.6 Å². The summed E-state index contributed by atoms with van der Waals surface area (Å²) in [7, 11) is 0. The molecule has 1 unspecified atom stereocenters. The first-order chi connectivity index (χ1) is 15.3. The summed E-state index contributed by atoms with van der Waals surface area (Å²) < 4.78 is 1.37. The van der Waals surface area contributed by atoms with Crippen molar-refractivity contribution < 1.29 is 4.79 Å². The summed E-state index contributed by atoms with van der Waals surface area (Å²) in [6, 6.07) is 16.9. The predicted molar refractivity (Wildman–Crippen MR) is 129 cm³/mol. The Labute approximate surface area is 188 Å². The molecule has 3 nitrogen and oxygen atoms in total. The molecule has 4 heteroatoms. The van der Waals surface area contributed by atoms with Gasteiger partial charge in [-0.2, -0.15) is 0 Å². The average Bonchev–Trinajstić information content (AvgIpc) is 3.50. The number of fused-ring (bicyclic) bond motifs is 1. The van der Waals surface area contributed by atoms with Gasteiger partial charge in [0.05, 0.1) is 11.6 Å². The topological polar surface area (TPSA) is 33.2 Å². The average molecular weight is 431 g/mol. The summed E-state index contributed by atoms with van der Waals surface area (Å²) in [5.74, 6) is 0.611. The van der Waals surface area contributed by atoms with Gasteiger partial charge in [0.25, 0.3) is 0 Å². The number of pyridine rings is 1. The molecule has 0 radical (unpaired) electrons. The smallest absolute Gasteiger partial charge is 0.145 e. The summed E-state index contributed by atoms with van der Waals surface area (Å²) in [5, 5.41) is 1.34. The van der Waals surface area contributed by atoms with E-state index in [0.29, 0.717) is 5.78 Å². The summed E-state index contributed by atoms with van der Waals surface area (Å²) in [5.41, 5.74) is 2.43. The number of nitrogens with zero attached hydrogens (tertiary/aromatic N) is 2. The van der Waals surface area contributed by atoms with Crippen LogP contribution >= 0.6 is 11.3 Å². The van der Waals surface area contributed by atoms with E-state index in [4.69, 9.17) is 0 Å². The van der Waals surface area contributed by atoms with Crippen molar-refractivity contribution >= 4 is 32.8 Å². The van der Waals surface area contributed by atoms with E-state index in [1.807, 2.05) is 35.7 Å². The Morgan fingerprint density at radius 3 is 2.71 bits per heavy atom. The van der Waals surface area contributed by atoms with Gasteiger partial charge in [0.2, 0.25) is 0 Å². The van der Waals surface area contributed by atoms with E-state index in [0.717, 1.165) is 51.0 Å². The maximum absolute atomic E-state index is 13.3. The maximum Gasteiger partial charge on any atom is 0.145 e. The van der Waals surface area contributed by atoms with Crippen molar-refractivity contribution in [3.63, 3.8) is 0 Å². The molecule has 1 aliphatic carbocycles. The van der Waals surface area contributed by atoms with E-state index in [9.17, 15) is 4.79 Å². The quantitative estimate of drug-likeness (QED) is 0.440. The second-order valence-electron chi connectivity index (χ2n) is 8.91. The maximum atomic E-state index is 13.3. The predicted octanol–water partition coefficient (Wildman–Crippen LogP) is 6.32. The van der Waals surface area contributed by atoms with Crippen molar-refractivity contribution in [1.29, 1.82) is 0 Å². The fourth-order valence-electron chi connectivity index (χ4n) is 5.10. The van der Waals surface area contributed by atoms with Crippen LogP contribution in [-0.2, 0) is 4.79 Å². The van der Waals surface area contributed by atoms with E-state index in [1.165, 1.54) is 33.4 Å². The second kappa shape index (κ2) is 9.46. The van der Waals surface area contributed by atoms with Crippen molar-refractivity contribution in [2.45, 2.75) is 44.4 Å². The Hall–Kier alpha value is -2.30. The summed E-state index contributed by atoms with van der Waals surface area (Å²) in [4.78, 5) is 21.7. The molecule has 1 atom stereocenters. The van der Waals surface area contributed by atoms with E-state index < -0.39 is 0 Å². The molecule has 1 aromatic carbocycles. The molecule has 0 amide bonds. The number of hydrogen-bond acceptors (Lipinski definition) is 4. The first kappa shape index (κ1) is 20.6. The zero-order valence-corrected chi connectivity index (χ0v) is 18.8. The highest BCUT2D eigenvalue weighted by molar-refractivity contribution is 7.20. The van der Waals surface area contributed by atoms with Gasteiger partial charge in [-0.15, -0.1) is 11.3 Å². The van der Waals surface area contributed by atoms with E-state index in [2.05, 4.69) is 46.3 Å². The van der Waals surface area contributed by atoms with Crippen LogP contribution in [-0.4, -0.2) is 35.3 Å². The Morgan fingerprint density at radius 2 is 1.97 bits per heavy atom. The Bertz CT molecular complexity index is 1030. The van der Waals surface area contributed by atoms with Crippen LogP contribution in [0, 0.1) is 5.92 Å². The van der Waals surface area contributed by atoms with Gasteiger partial charge in [-0.3, -0.25) is 14.7 Å². The van der Waals surface area contributed by atoms with E-state index >= 15 is 0 Å². The van der Waals surface area contributed by atoms with Crippen molar-refractivity contribution in [1.82, 2.24) is 9.88 Å². The highest BCUT2D eigenvalue weighted by Gasteiger charge is 2.31. The van der Waals surface area contributed by atoms with E-state index in [1.54, 1.807) is 0 Å². The van der Waals surface area contributed by atoms with Gasteiger partial charge >= 0.3 is 0 Å². The molecule has 2 aromatic heterocycles. The fourth-order valence-corrected chi connectivity index (χ4v) is 6.23.